The molecule has 224 valence electrons. The number of nitrogens with two attached hydrogens (primary N) is 1. The first-order valence-corrected chi connectivity index (χ1v) is 14.9. The fraction of sp³-hybridized carbons (Fsp3) is 0.444. The fourth-order valence-electron chi connectivity index (χ4n) is 4.86. The van der Waals surface area contributed by atoms with Crippen LogP contribution in [0.1, 0.15) is 31.3 Å². The summed E-state index contributed by atoms with van der Waals surface area (Å²) in [5, 5.41) is 8.80. The van der Waals surface area contributed by atoms with Crippen LogP contribution in [0.5, 0.6) is 0 Å². The highest BCUT2D eigenvalue weighted by atomic mass is 32.2. The predicted molar refractivity (Wildman–Crippen MR) is 159 cm³/mol. The number of fused-ring (bicyclic) bond motifs is 2. The minimum absolute atomic E-state index is 0.0306. The van der Waals surface area contributed by atoms with Crippen LogP contribution in [0.15, 0.2) is 33.9 Å². The van der Waals surface area contributed by atoms with Gasteiger partial charge in [0, 0.05) is 37.3 Å². The second kappa shape index (κ2) is 12.8. The van der Waals surface area contributed by atoms with Crippen LogP contribution in [0.3, 0.4) is 0 Å². The van der Waals surface area contributed by atoms with E-state index < -0.39 is 33.7 Å². The summed E-state index contributed by atoms with van der Waals surface area (Å²) in [5.74, 6) is 6.38. The van der Waals surface area contributed by atoms with Gasteiger partial charge < -0.3 is 15.7 Å². The number of aliphatic hydroxyl groups excluding tert-OH is 1. The lowest BCUT2D eigenvalue weighted by Gasteiger charge is -2.31. The maximum atomic E-state index is 13.7. The van der Waals surface area contributed by atoms with Crippen molar-refractivity contribution in [3.05, 3.63) is 56.6 Å². The van der Waals surface area contributed by atoms with Crippen molar-refractivity contribution in [3.8, 4) is 11.8 Å². The highest BCUT2D eigenvalue weighted by Gasteiger charge is 2.26. The van der Waals surface area contributed by atoms with Crippen molar-refractivity contribution >= 4 is 38.1 Å². The Kier molecular flexibility index (Phi) is 9.42. The summed E-state index contributed by atoms with van der Waals surface area (Å²) in [4.78, 5) is 43.0. The van der Waals surface area contributed by atoms with Gasteiger partial charge >= 0.3 is 5.69 Å². The molecular weight excluding hydrogens is 564 g/mol. The van der Waals surface area contributed by atoms with Gasteiger partial charge in [-0.2, -0.15) is 13.4 Å². The van der Waals surface area contributed by atoms with Crippen LogP contribution in [0, 0.1) is 18.8 Å². The van der Waals surface area contributed by atoms with Gasteiger partial charge in [0.05, 0.1) is 31.0 Å². The molecule has 1 fully saturated rings. The molecule has 5 rings (SSSR count). The van der Waals surface area contributed by atoms with E-state index >= 15 is 0 Å². The zero-order chi connectivity index (χ0) is 30.6. The molecule has 4 heterocycles. The normalized spacial score (nSPS) is 15.3. The van der Waals surface area contributed by atoms with Crippen molar-refractivity contribution in [3.63, 3.8) is 0 Å². The van der Waals surface area contributed by atoms with E-state index in [0.29, 0.717) is 29.5 Å². The van der Waals surface area contributed by atoms with Crippen molar-refractivity contribution in [1.82, 2.24) is 28.7 Å². The number of aromatic nitrogens is 6. The van der Waals surface area contributed by atoms with Gasteiger partial charge in [-0.25, -0.2) is 14.8 Å². The average Bonchev–Trinajstić information content (AvgIpc) is 3.32. The Hall–Kier alpha value is -4.10. The third kappa shape index (κ3) is 6.68. The molecule has 14 nitrogen and oxygen atoms in total. The maximum Gasteiger partial charge on any atom is 0.332 e. The Morgan fingerprint density at radius 3 is 2.52 bits per heavy atom. The van der Waals surface area contributed by atoms with Crippen molar-refractivity contribution in [2.24, 2.45) is 12.8 Å². The fourth-order valence-corrected chi connectivity index (χ4v) is 5.09. The van der Waals surface area contributed by atoms with E-state index in [9.17, 15) is 18.0 Å². The number of rotatable bonds is 6. The Morgan fingerprint density at radius 2 is 1.88 bits per heavy atom. The summed E-state index contributed by atoms with van der Waals surface area (Å²) in [7, 11) is -2.30. The monoisotopic (exact) mass is 598 g/mol. The average molecular weight is 599 g/mol. The molecule has 0 saturated carbocycles. The van der Waals surface area contributed by atoms with Crippen LogP contribution in [0.4, 0.5) is 5.95 Å². The van der Waals surface area contributed by atoms with Gasteiger partial charge in [-0.3, -0.25) is 23.0 Å². The lowest BCUT2D eigenvalue weighted by atomic mass is 10.1. The van der Waals surface area contributed by atoms with Crippen LogP contribution < -0.4 is 21.9 Å². The molecule has 4 N–H and O–H groups in total. The topological polar surface area (TPSA) is 191 Å². The number of piperidine rings is 1. The van der Waals surface area contributed by atoms with E-state index in [4.69, 9.17) is 20.4 Å². The van der Waals surface area contributed by atoms with Gasteiger partial charge in [-0.15, -0.1) is 5.92 Å². The molecule has 15 heteroatoms. The van der Waals surface area contributed by atoms with Crippen LogP contribution >= 0.6 is 0 Å². The molecule has 0 unspecified atom stereocenters. The van der Waals surface area contributed by atoms with Crippen LogP contribution in [0.25, 0.3) is 22.1 Å². The van der Waals surface area contributed by atoms with Crippen molar-refractivity contribution in [2.45, 2.75) is 45.8 Å². The largest absolute Gasteiger partial charge is 0.395 e. The summed E-state index contributed by atoms with van der Waals surface area (Å²) in [5.41, 5.74) is 7.54. The molecule has 1 aliphatic heterocycles. The van der Waals surface area contributed by atoms with Gasteiger partial charge in [0.25, 0.3) is 15.7 Å². The summed E-state index contributed by atoms with van der Waals surface area (Å²) in [6.07, 6.45) is 1.88. The third-order valence-electron chi connectivity index (χ3n) is 6.86. The molecule has 1 aliphatic rings. The summed E-state index contributed by atoms with van der Waals surface area (Å²) < 4.78 is 31.5. The highest BCUT2D eigenvalue weighted by Crippen LogP contribution is 2.23. The maximum absolute atomic E-state index is 13.7. The number of aryl methyl sites for hydroxylation is 2. The minimum Gasteiger partial charge on any atom is -0.395 e. The zero-order valence-electron chi connectivity index (χ0n) is 23.7. The molecule has 1 aromatic carbocycles. The Balaban J connectivity index is 0.000000517. The molecule has 0 spiro atoms. The molecule has 0 radical (unpaired) electrons. The van der Waals surface area contributed by atoms with Gasteiger partial charge in [0.2, 0.25) is 5.95 Å². The van der Waals surface area contributed by atoms with Gasteiger partial charge in [-0.1, -0.05) is 24.1 Å². The quantitative estimate of drug-likeness (QED) is 0.200. The number of anilines is 1. The second-order valence-corrected chi connectivity index (χ2v) is 11.5. The van der Waals surface area contributed by atoms with Gasteiger partial charge in [-0.05, 0) is 32.8 Å². The number of hydrogen-bond acceptors (Lipinski definition) is 10. The number of imidazole rings is 1. The molecule has 0 aliphatic carbocycles. The van der Waals surface area contributed by atoms with E-state index in [2.05, 4.69) is 26.7 Å². The second-order valence-electron chi connectivity index (χ2n) is 9.93. The summed E-state index contributed by atoms with van der Waals surface area (Å²) >= 11 is 0. The molecule has 1 saturated heterocycles. The summed E-state index contributed by atoms with van der Waals surface area (Å²) in [6, 6.07) is 7.71. The van der Waals surface area contributed by atoms with Crippen molar-refractivity contribution < 1.29 is 18.1 Å². The van der Waals surface area contributed by atoms with E-state index in [1.165, 1.54) is 9.13 Å². The lowest BCUT2D eigenvalue weighted by Crippen LogP contribution is -2.44. The number of benzene rings is 1. The molecule has 3 aromatic heterocycles. The number of aliphatic hydroxyl groups is 1. The third-order valence-corrected chi connectivity index (χ3v) is 7.55. The van der Waals surface area contributed by atoms with Gasteiger partial charge in [0.1, 0.15) is 5.82 Å². The first-order valence-electron chi connectivity index (χ1n) is 13.3. The minimum atomic E-state index is -3.92. The van der Waals surface area contributed by atoms with E-state index in [0.717, 1.165) is 36.0 Å². The first kappa shape index (κ1) is 30.8. The zero-order valence-corrected chi connectivity index (χ0v) is 24.5. The smallest absolute Gasteiger partial charge is 0.332 e. The van der Waals surface area contributed by atoms with Gasteiger partial charge in [0.15, 0.2) is 11.2 Å². The Morgan fingerprint density at radius 1 is 1.14 bits per heavy atom. The Bertz CT molecular complexity index is 1900. The van der Waals surface area contributed by atoms with E-state index in [-0.39, 0.29) is 19.1 Å². The molecule has 0 bridgehead atoms. The highest BCUT2D eigenvalue weighted by molar-refractivity contribution is 7.85. The molecule has 0 amide bonds. The number of hydrogen-bond donors (Lipinski definition) is 3. The van der Waals surface area contributed by atoms with Crippen LogP contribution in [0.2, 0.25) is 0 Å². The van der Waals surface area contributed by atoms with Crippen molar-refractivity contribution in [2.75, 3.05) is 30.3 Å². The van der Waals surface area contributed by atoms with Crippen LogP contribution in [-0.4, -0.2) is 78.2 Å². The molecule has 4 aromatic rings. The summed E-state index contributed by atoms with van der Waals surface area (Å²) in [6.45, 7) is 4.78. The van der Waals surface area contributed by atoms with Crippen molar-refractivity contribution in [1.29, 1.82) is 0 Å². The van der Waals surface area contributed by atoms with E-state index in [1.54, 1.807) is 18.5 Å². The molecule has 1 atom stereocenters. The Labute approximate surface area is 242 Å². The molecular formula is C27H34N8O6S. The number of nitrogens with zero attached hydrogens (tertiary/aromatic N) is 7. The van der Waals surface area contributed by atoms with Crippen LogP contribution in [-0.2, 0) is 30.3 Å². The predicted octanol–water partition coefficient (Wildman–Crippen LogP) is 0.0139. The first-order chi connectivity index (χ1) is 19.9. The standard InChI is InChI=1S/C25H28N8O2.C2H6O4S/c1-4-5-13-32-21-22(29-24(32)31-12-8-9-17(26)14-31)30(3)25(35)33(23(21)34)15-20-27-16(2)18-10-6-7-11-19(18)28-20;3-1-2-7(4,5)6/h6-7,10-11,17H,8-9,12-15,26H2,1-3H3;3H,1-2H2,(H,4,5,6)/t17-;/m1./s1. The lowest BCUT2D eigenvalue weighted by molar-refractivity contribution is 0.315. The number of para-hydroxylation sites is 1. The SMILES string of the molecule is CC#CCn1c(N2CCC[C@@H](N)C2)nc2c1c(=O)n(Cc1nc(C)c3ccccc3n1)c(=O)n2C.O=S(=O)(O)CCO. The molecule has 42 heavy (non-hydrogen) atoms. The van der Waals surface area contributed by atoms with E-state index in [1.807, 2.05) is 31.2 Å².